The van der Waals surface area contributed by atoms with Crippen LogP contribution in [0.3, 0.4) is 0 Å². The van der Waals surface area contributed by atoms with Crippen molar-refractivity contribution in [2.75, 3.05) is 18.2 Å². The van der Waals surface area contributed by atoms with Crippen LogP contribution >= 0.6 is 11.8 Å². The van der Waals surface area contributed by atoms with Gasteiger partial charge in [-0.2, -0.15) is 0 Å². The molecule has 0 spiro atoms. The van der Waals surface area contributed by atoms with E-state index < -0.39 is 0 Å². The Bertz CT molecular complexity index is 1020. The van der Waals surface area contributed by atoms with Gasteiger partial charge in [0.05, 0.1) is 24.1 Å². The summed E-state index contributed by atoms with van der Waals surface area (Å²) in [5.74, 6) is 0.566. The molecule has 0 saturated heterocycles. The minimum Gasteiger partial charge on any atom is -0.497 e. The Hall–Kier alpha value is -3.25. The number of methoxy groups -OCH3 is 1. The second kappa shape index (κ2) is 10.5. The fraction of sp³-hybridized carbons (Fsp3) is 0.167. The second-order valence-corrected chi connectivity index (χ2v) is 7.78. The summed E-state index contributed by atoms with van der Waals surface area (Å²) in [5.41, 5.74) is 3.12. The Morgan fingerprint density at radius 1 is 0.967 bits per heavy atom. The number of nitrogens with one attached hydrogen (secondary N) is 2. The van der Waals surface area contributed by atoms with Crippen LogP contribution in [0.1, 0.15) is 21.5 Å². The zero-order valence-electron chi connectivity index (χ0n) is 17.0. The van der Waals surface area contributed by atoms with Crippen molar-refractivity contribution in [3.8, 4) is 5.75 Å². The lowest BCUT2D eigenvalue weighted by Gasteiger charge is -2.12. The van der Waals surface area contributed by atoms with E-state index in [-0.39, 0.29) is 17.6 Å². The number of carbonyl (C=O) groups excluding carboxylic acids is 2. The van der Waals surface area contributed by atoms with E-state index in [4.69, 9.17) is 4.74 Å². The number of para-hydroxylation sites is 1. The van der Waals surface area contributed by atoms with Crippen LogP contribution < -0.4 is 15.4 Å². The summed E-state index contributed by atoms with van der Waals surface area (Å²) in [5, 5.41) is 5.75. The number of carbonyl (C=O) groups is 2. The third-order valence-corrected chi connectivity index (χ3v) is 5.42. The number of rotatable bonds is 8. The molecule has 2 amide bonds. The molecule has 0 heterocycles. The Morgan fingerprint density at radius 2 is 1.73 bits per heavy atom. The molecule has 3 rings (SSSR count). The molecule has 0 bridgehead atoms. The number of anilines is 1. The van der Waals surface area contributed by atoms with E-state index in [2.05, 4.69) is 10.6 Å². The van der Waals surface area contributed by atoms with E-state index in [9.17, 15) is 9.59 Å². The quantitative estimate of drug-likeness (QED) is 0.520. The zero-order chi connectivity index (χ0) is 21.3. The van der Waals surface area contributed by atoms with Gasteiger partial charge in [0.25, 0.3) is 5.91 Å². The first-order valence-electron chi connectivity index (χ1n) is 9.54. The Kier molecular flexibility index (Phi) is 7.51. The highest BCUT2D eigenvalue weighted by molar-refractivity contribution is 8.00. The number of benzene rings is 3. The largest absolute Gasteiger partial charge is 0.497 e. The topological polar surface area (TPSA) is 67.4 Å². The molecule has 0 unspecified atom stereocenters. The number of hydrogen-bond donors (Lipinski definition) is 2. The molecule has 0 aliphatic carbocycles. The molecule has 3 aromatic rings. The fourth-order valence-corrected chi connectivity index (χ4v) is 3.54. The van der Waals surface area contributed by atoms with Crippen LogP contribution in [0.4, 0.5) is 5.69 Å². The molecule has 30 heavy (non-hydrogen) atoms. The molecule has 5 nitrogen and oxygen atoms in total. The van der Waals surface area contributed by atoms with E-state index in [0.717, 1.165) is 16.2 Å². The molecule has 6 heteroatoms. The van der Waals surface area contributed by atoms with Crippen molar-refractivity contribution in [2.24, 2.45) is 0 Å². The number of amides is 2. The number of aryl methyl sites for hydroxylation is 1. The van der Waals surface area contributed by atoms with Crippen LogP contribution in [0, 0.1) is 6.92 Å². The minimum absolute atomic E-state index is 0.179. The molecule has 154 valence electrons. The van der Waals surface area contributed by atoms with Crippen molar-refractivity contribution in [1.29, 1.82) is 0 Å². The van der Waals surface area contributed by atoms with Crippen molar-refractivity contribution >= 4 is 29.3 Å². The predicted octanol–water partition coefficient (Wildman–Crippen LogP) is 4.66. The average Bonchev–Trinajstić information content (AvgIpc) is 2.77. The van der Waals surface area contributed by atoms with E-state index in [0.29, 0.717) is 17.8 Å². The lowest BCUT2D eigenvalue weighted by Crippen LogP contribution is -2.25. The lowest BCUT2D eigenvalue weighted by atomic mass is 10.1. The van der Waals surface area contributed by atoms with Crippen LogP contribution in [0.2, 0.25) is 0 Å². The lowest BCUT2D eigenvalue weighted by molar-refractivity contribution is -0.113. The molecule has 0 fully saturated rings. The van der Waals surface area contributed by atoms with Gasteiger partial charge in [-0.1, -0.05) is 48.0 Å². The van der Waals surface area contributed by atoms with Crippen molar-refractivity contribution in [1.82, 2.24) is 5.32 Å². The summed E-state index contributed by atoms with van der Waals surface area (Å²) in [4.78, 5) is 26.0. The Morgan fingerprint density at radius 3 is 2.50 bits per heavy atom. The van der Waals surface area contributed by atoms with Crippen molar-refractivity contribution in [3.63, 3.8) is 0 Å². The van der Waals surface area contributed by atoms with Crippen LogP contribution in [-0.2, 0) is 11.3 Å². The summed E-state index contributed by atoms with van der Waals surface area (Å²) in [6.45, 7) is 2.45. The normalized spacial score (nSPS) is 10.3. The SMILES string of the molecule is COc1cccc(SCC(=O)Nc2ccccc2C(=O)NCc2ccc(C)cc2)c1. The predicted molar refractivity (Wildman–Crippen MR) is 121 cm³/mol. The van der Waals surface area contributed by atoms with Gasteiger partial charge in [-0.05, 0) is 42.8 Å². The molecule has 0 atom stereocenters. The van der Waals surface area contributed by atoms with Gasteiger partial charge in [0.2, 0.25) is 5.91 Å². The number of hydrogen-bond acceptors (Lipinski definition) is 4. The molecule has 0 radical (unpaired) electrons. The van der Waals surface area contributed by atoms with Crippen LogP contribution in [0.25, 0.3) is 0 Å². The van der Waals surface area contributed by atoms with Crippen molar-refractivity contribution in [3.05, 3.63) is 89.5 Å². The molecule has 0 aliphatic heterocycles. The third kappa shape index (κ3) is 6.12. The van der Waals surface area contributed by atoms with Crippen LogP contribution in [0.15, 0.2) is 77.7 Å². The molecular formula is C24H24N2O3S. The summed E-state index contributed by atoms with van der Waals surface area (Å²) in [6, 6.07) is 22.5. The first-order chi connectivity index (χ1) is 14.5. The molecule has 0 aromatic heterocycles. The van der Waals surface area contributed by atoms with Gasteiger partial charge in [-0.15, -0.1) is 11.8 Å². The van der Waals surface area contributed by atoms with E-state index in [1.54, 1.807) is 31.4 Å². The maximum Gasteiger partial charge on any atom is 0.253 e. The Balaban J connectivity index is 1.58. The van der Waals surface area contributed by atoms with E-state index in [1.807, 2.05) is 55.5 Å². The first kappa shape index (κ1) is 21.5. The minimum atomic E-state index is -0.230. The van der Waals surface area contributed by atoms with Crippen molar-refractivity contribution < 1.29 is 14.3 Å². The summed E-state index contributed by atoms with van der Waals surface area (Å²) >= 11 is 1.41. The van der Waals surface area contributed by atoms with Gasteiger partial charge in [0.15, 0.2) is 0 Å². The highest BCUT2D eigenvalue weighted by Crippen LogP contribution is 2.23. The number of ether oxygens (including phenoxy) is 1. The van der Waals surface area contributed by atoms with E-state index >= 15 is 0 Å². The second-order valence-electron chi connectivity index (χ2n) is 6.73. The van der Waals surface area contributed by atoms with Gasteiger partial charge in [0.1, 0.15) is 5.75 Å². The third-order valence-electron chi connectivity index (χ3n) is 4.43. The van der Waals surface area contributed by atoms with Crippen molar-refractivity contribution in [2.45, 2.75) is 18.4 Å². The average molecular weight is 421 g/mol. The molecule has 0 saturated carbocycles. The standard InChI is InChI=1S/C24H24N2O3S/c1-17-10-12-18(13-11-17)15-25-24(28)21-8-3-4-9-22(21)26-23(27)16-30-20-7-5-6-19(14-20)29-2/h3-14H,15-16H2,1-2H3,(H,25,28)(H,26,27). The van der Waals surface area contributed by atoms with Crippen LogP contribution in [-0.4, -0.2) is 24.7 Å². The number of thioether (sulfide) groups is 1. The van der Waals surface area contributed by atoms with Gasteiger partial charge in [-0.3, -0.25) is 9.59 Å². The van der Waals surface area contributed by atoms with Gasteiger partial charge < -0.3 is 15.4 Å². The maximum absolute atomic E-state index is 12.7. The summed E-state index contributed by atoms with van der Waals surface area (Å²) in [7, 11) is 1.61. The summed E-state index contributed by atoms with van der Waals surface area (Å²) < 4.78 is 5.20. The van der Waals surface area contributed by atoms with Crippen LogP contribution in [0.5, 0.6) is 5.75 Å². The summed E-state index contributed by atoms with van der Waals surface area (Å²) in [6.07, 6.45) is 0. The molecule has 2 N–H and O–H groups in total. The Labute approximate surface area is 180 Å². The highest BCUT2D eigenvalue weighted by atomic mass is 32.2. The van der Waals surface area contributed by atoms with Gasteiger partial charge in [0, 0.05) is 11.4 Å². The fourth-order valence-electron chi connectivity index (χ4n) is 2.80. The molecule has 0 aliphatic rings. The molecule has 3 aromatic carbocycles. The zero-order valence-corrected chi connectivity index (χ0v) is 17.8. The molecular weight excluding hydrogens is 396 g/mol. The highest BCUT2D eigenvalue weighted by Gasteiger charge is 2.13. The van der Waals surface area contributed by atoms with Gasteiger partial charge in [-0.25, -0.2) is 0 Å². The first-order valence-corrected chi connectivity index (χ1v) is 10.5. The van der Waals surface area contributed by atoms with Gasteiger partial charge >= 0.3 is 0 Å². The van der Waals surface area contributed by atoms with E-state index in [1.165, 1.54) is 17.3 Å². The smallest absolute Gasteiger partial charge is 0.253 e. The monoisotopic (exact) mass is 420 g/mol. The maximum atomic E-state index is 12.7.